The lowest BCUT2D eigenvalue weighted by Crippen LogP contribution is -2.22. The van der Waals surface area contributed by atoms with Gasteiger partial charge in [-0.05, 0) is 38.0 Å². The van der Waals surface area contributed by atoms with Crippen molar-refractivity contribution >= 4 is 23.0 Å². The number of ether oxygens (including phenoxy) is 1. The molecule has 0 fully saturated rings. The first-order chi connectivity index (χ1) is 11.4. The van der Waals surface area contributed by atoms with Crippen LogP contribution >= 0.6 is 0 Å². The summed E-state index contributed by atoms with van der Waals surface area (Å²) in [4.78, 5) is 19.1. The zero-order chi connectivity index (χ0) is 17.7. The van der Waals surface area contributed by atoms with Crippen LogP contribution < -0.4 is 10.6 Å². The molecule has 2 aromatic rings. The van der Waals surface area contributed by atoms with Crippen molar-refractivity contribution in [3.8, 4) is 0 Å². The maximum Gasteiger partial charge on any atom is 0.353 e. The van der Waals surface area contributed by atoms with Gasteiger partial charge in [0.1, 0.15) is 6.33 Å². The highest BCUT2D eigenvalue weighted by Crippen LogP contribution is 2.32. The Morgan fingerprint density at radius 3 is 2.67 bits per heavy atom. The lowest BCUT2D eigenvalue weighted by molar-refractivity contribution is -0.383. The summed E-state index contributed by atoms with van der Waals surface area (Å²) in [5, 5.41) is 17.6. The Balaban J connectivity index is 2.39. The van der Waals surface area contributed by atoms with Crippen LogP contribution in [0.1, 0.15) is 18.1 Å². The van der Waals surface area contributed by atoms with Gasteiger partial charge in [0.25, 0.3) is 0 Å². The van der Waals surface area contributed by atoms with Crippen molar-refractivity contribution in [1.29, 1.82) is 0 Å². The van der Waals surface area contributed by atoms with Gasteiger partial charge in [0.15, 0.2) is 0 Å². The van der Waals surface area contributed by atoms with Gasteiger partial charge in [-0.15, -0.1) is 0 Å². The molecule has 0 amide bonds. The number of benzene rings is 1. The highest BCUT2D eigenvalue weighted by molar-refractivity contribution is 5.75. The van der Waals surface area contributed by atoms with Crippen molar-refractivity contribution in [1.82, 2.24) is 9.97 Å². The zero-order valence-corrected chi connectivity index (χ0v) is 14.2. The van der Waals surface area contributed by atoms with Gasteiger partial charge in [-0.1, -0.05) is 12.1 Å². The quantitative estimate of drug-likeness (QED) is 0.593. The highest BCUT2D eigenvalue weighted by atomic mass is 16.6. The molecule has 0 saturated heterocycles. The molecule has 1 heterocycles. The van der Waals surface area contributed by atoms with Gasteiger partial charge in [0, 0.05) is 18.8 Å². The van der Waals surface area contributed by atoms with Gasteiger partial charge in [-0.25, -0.2) is 9.97 Å². The number of rotatable bonds is 7. The third-order valence-electron chi connectivity index (χ3n) is 3.45. The standard InChI is InChI=1S/C16H21N5O3/c1-10-5-6-11(2)13(7-10)20-16-14(21(22)23)15(17-9-18-16)19-12(3)8-24-4/h5-7,9,12H,8H2,1-4H3,(H2,17,18,19,20). The second kappa shape index (κ2) is 7.69. The Morgan fingerprint density at radius 2 is 2.00 bits per heavy atom. The normalized spacial score (nSPS) is 11.8. The minimum absolute atomic E-state index is 0.128. The van der Waals surface area contributed by atoms with E-state index in [1.54, 1.807) is 7.11 Å². The van der Waals surface area contributed by atoms with Gasteiger partial charge >= 0.3 is 5.69 Å². The van der Waals surface area contributed by atoms with E-state index >= 15 is 0 Å². The summed E-state index contributed by atoms with van der Waals surface area (Å²) in [6.07, 6.45) is 1.29. The minimum atomic E-state index is -0.491. The fourth-order valence-corrected chi connectivity index (χ4v) is 2.27. The maximum absolute atomic E-state index is 11.5. The predicted octanol–water partition coefficient (Wildman–Crippen LogP) is 3.19. The zero-order valence-electron chi connectivity index (χ0n) is 14.2. The summed E-state index contributed by atoms with van der Waals surface area (Å²) in [5.74, 6) is 0.308. The topological polar surface area (TPSA) is 102 Å². The van der Waals surface area contributed by atoms with E-state index in [0.29, 0.717) is 6.61 Å². The number of anilines is 3. The van der Waals surface area contributed by atoms with Crippen LogP contribution in [0.3, 0.4) is 0 Å². The summed E-state index contributed by atoms with van der Waals surface area (Å²) < 4.78 is 5.04. The molecule has 2 N–H and O–H groups in total. The number of nitrogens with one attached hydrogen (secondary N) is 2. The molecule has 0 spiro atoms. The van der Waals surface area contributed by atoms with Crippen LogP contribution in [-0.2, 0) is 4.74 Å². The summed E-state index contributed by atoms with van der Waals surface area (Å²) in [5.41, 5.74) is 2.59. The molecule has 0 aliphatic rings. The number of methoxy groups -OCH3 is 1. The summed E-state index contributed by atoms with van der Waals surface area (Å²) >= 11 is 0. The average molecular weight is 331 g/mol. The molecule has 0 aliphatic heterocycles. The number of hydrogen-bond donors (Lipinski definition) is 2. The van der Waals surface area contributed by atoms with Gasteiger partial charge in [0.05, 0.1) is 11.5 Å². The van der Waals surface area contributed by atoms with Crippen LogP contribution in [0, 0.1) is 24.0 Å². The largest absolute Gasteiger partial charge is 0.383 e. The van der Waals surface area contributed by atoms with E-state index in [2.05, 4.69) is 20.6 Å². The van der Waals surface area contributed by atoms with Crippen molar-refractivity contribution in [2.75, 3.05) is 24.4 Å². The van der Waals surface area contributed by atoms with Crippen molar-refractivity contribution in [3.05, 3.63) is 45.8 Å². The molecule has 2 rings (SSSR count). The molecule has 0 radical (unpaired) electrons. The molecule has 0 bridgehead atoms. The van der Waals surface area contributed by atoms with Gasteiger partial charge in [-0.2, -0.15) is 0 Å². The molecule has 8 nitrogen and oxygen atoms in total. The highest BCUT2D eigenvalue weighted by Gasteiger charge is 2.24. The van der Waals surface area contributed by atoms with E-state index in [4.69, 9.17) is 4.74 Å². The summed E-state index contributed by atoms with van der Waals surface area (Å²) in [6.45, 7) is 6.14. The van der Waals surface area contributed by atoms with E-state index in [9.17, 15) is 10.1 Å². The first-order valence-electron chi connectivity index (χ1n) is 7.51. The SMILES string of the molecule is COCC(C)Nc1ncnc(Nc2cc(C)ccc2C)c1[N+](=O)[O-]. The third-order valence-corrected chi connectivity index (χ3v) is 3.45. The number of nitrogens with zero attached hydrogens (tertiary/aromatic N) is 3. The van der Waals surface area contributed by atoms with E-state index in [-0.39, 0.29) is 23.4 Å². The van der Waals surface area contributed by atoms with Crippen LogP contribution in [0.25, 0.3) is 0 Å². The first-order valence-corrected chi connectivity index (χ1v) is 7.51. The smallest absolute Gasteiger partial charge is 0.353 e. The molecule has 1 atom stereocenters. The Labute approximate surface area is 140 Å². The molecular weight excluding hydrogens is 310 g/mol. The summed E-state index contributed by atoms with van der Waals surface area (Å²) in [7, 11) is 1.57. The number of aryl methyl sites for hydroxylation is 2. The van der Waals surface area contributed by atoms with Crippen molar-refractivity contribution in [2.45, 2.75) is 26.8 Å². The lowest BCUT2D eigenvalue weighted by atomic mass is 10.1. The minimum Gasteiger partial charge on any atom is -0.383 e. The number of nitro groups is 1. The van der Waals surface area contributed by atoms with Gasteiger partial charge in [-0.3, -0.25) is 10.1 Å². The maximum atomic E-state index is 11.5. The Bertz CT molecular complexity index is 736. The molecule has 0 aliphatic carbocycles. The van der Waals surface area contributed by atoms with Gasteiger partial charge < -0.3 is 15.4 Å². The number of aromatic nitrogens is 2. The molecule has 1 aromatic carbocycles. The fourth-order valence-electron chi connectivity index (χ4n) is 2.27. The molecule has 1 unspecified atom stereocenters. The fraction of sp³-hybridized carbons (Fsp3) is 0.375. The second-order valence-electron chi connectivity index (χ2n) is 5.62. The van der Waals surface area contributed by atoms with E-state index in [1.807, 2.05) is 39.0 Å². The van der Waals surface area contributed by atoms with E-state index in [1.165, 1.54) is 6.33 Å². The van der Waals surface area contributed by atoms with Crippen LogP contribution in [0.2, 0.25) is 0 Å². The molecule has 1 aromatic heterocycles. The van der Waals surface area contributed by atoms with Crippen LogP contribution in [0.4, 0.5) is 23.0 Å². The van der Waals surface area contributed by atoms with Crippen molar-refractivity contribution in [3.63, 3.8) is 0 Å². The molecule has 24 heavy (non-hydrogen) atoms. The van der Waals surface area contributed by atoms with E-state index < -0.39 is 4.92 Å². The molecule has 0 saturated carbocycles. The van der Waals surface area contributed by atoms with Crippen molar-refractivity contribution in [2.24, 2.45) is 0 Å². The van der Waals surface area contributed by atoms with Crippen LogP contribution in [0.15, 0.2) is 24.5 Å². The Morgan fingerprint density at radius 1 is 1.29 bits per heavy atom. The average Bonchev–Trinajstić information content (AvgIpc) is 2.51. The second-order valence-corrected chi connectivity index (χ2v) is 5.62. The predicted molar refractivity (Wildman–Crippen MR) is 92.8 cm³/mol. The molecule has 128 valence electrons. The first kappa shape index (κ1) is 17.6. The Kier molecular flexibility index (Phi) is 5.64. The molecule has 8 heteroatoms. The summed E-state index contributed by atoms with van der Waals surface area (Å²) in [6, 6.07) is 5.72. The molecular formula is C16H21N5O3. The Hall–Kier alpha value is -2.74. The van der Waals surface area contributed by atoms with Crippen LogP contribution in [-0.4, -0.2) is 34.6 Å². The lowest BCUT2D eigenvalue weighted by Gasteiger charge is -2.15. The third kappa shape index (κ3) is 4.17. The van der Waals surface area contributed by atoms with Crippen molar-refractivity contribution < 1.29 is 9.66 Å². The van der Waals surface area contributed by atoms with Crippen LogP contribution in [0.5, 0.6) is 0 Å². The number of hydrogen-bond acceptors (Lipinski definition) is 7. The van der Waals surface area contributed by atoms with Gasteiger partial charge in [0.2, 0.25) is 11.6 Å². The van der Waals surface area contributed by atoms with E-state index in [0.717, 1.165) is 16.8 Å². The monoisotopic (exact) mass is 331 g/mol.